The fourth-order valence-electron chi connectivity index (χ4n) is 4.26. The summed E-state index contributed by atoms with van der Waals surface area (Å²) >= 11 is 0. The number of halogens is 2. The van der Waals surface area contributed by atoms with Gasteiger partial charge in [-0.2, -0.15) is 0 Å². The predicted molar refractivity (Wildman–Crippen MR) is 137 cm³/mol. The molecule has 0 aliphatic heterocycles. The molecule has 5 rings (SSSR count). The Labute approximate surface area is 198 Å². The van der Waals surface area contributed by atoms with Gasteiger partial charge in [0, 0.05) is 7.05 Å². The first-order valence-electron chi connectivity index (χ1n) is 11.1. The second kappa shape index (κ2) is 9.32. The van der Waals surface area contributed by atoms with Gasteiger partial charge in [0.1, 0.15) is 11.6 Å². The lowest BCUT2D eigenvalue weighted by Gasteiger charge is -2.23. The van der Waals surface area contributed by atoms with Gasteiger partial charge in [0.2, 0.25) is 0 Å². The van der Waals surface area contributed by atoms with E-state index < -0.39 is 11.6 Å². The van der Waals surface area contributed by atoms with E-state index in [0.717, 1.165) is 33.4 Å². The molecule has 0 bridgehead atoms. The lowest BCUT2D eigenvalue weighted by atomic mass is 9.91. The number of anilines is 2. The van der Waals surface area contributed by atoms with Crippen LogP contribution in [0.25, 0.3) is 33.4 Å². The maximum Gasteiger partial charge on any atom is 0.147 e. The van der Waals surface area contributed by atoms with Crippen LogP contribution in [0, 0.1) is 11.6 Å². The highest BCUT2D eigenvalue weighted by Crippen LogP contribution is 2.40. The van der Waals surface area contributed by atoms with Crippen molar-refractivity contribution < 1.29 is 8.78 Å². The number of para-hydroxylation sites is 1. The molecular weight excluding hydrogens is 424 g/mol. The molecule has 0 N–H and O–H groups in total. The number of hydrogen-bond acceptors (Lipinski definition) is 1. The van der Waals surface area contributed by atoms with Crippen molar-refractivity contribution in [2.45, 2.75) is 0 Å². The van der Waals surface area contributed by atoms with E-state index in [1.807, 2.05) is 66.7 Å². The first-order valence-corrected chi connectivity index (χ1v) is 11.1. The molecule has 0 saturated heterocycles. The van der Waals surface area contributed by atoms with E-state index in [1.165, 1.54) is 6.07 Å². The zero-order chi connectivity index (χ0) is 23.5. The zero-order valence-electron chi connectivity index (χ0n) is 18.8. The van der Waals surface area contributed by atoms with E-state index in [-0.39, 0.29) is 0 Å². The van der Waals surface area contributed by atoms with Crippen molar-refractivity contribution in [1.29, 1.82) is 0 Å². The summed E-state index contributed by atoms with van der Waals surface area (Å²) in [6.45, 7) is 0. The third kappa shape index (κ3) is 4.20. The first kappa shape index (κ1) is 21.6. The Morgan fingerprint density at radius 3 is 1.71 bits per heavy atom. The number of rotatable bonds is 5. The molecule has 166 valence electrons. The van der Waals surface area contributed by atoms with Crippen LogP contribution in [0.4, 0.5) is 20.2 Å². The average Bonchev–Trinajstić information content (AvgIpc) is 2.89. The SMILES string of the molecule is CN(c1ccccc1F)c1cc(-c2cccc(-c3ccccc3)c2)c(-c2ccccc2)cc1F. The van der Waals surface area contributed by atoms with Gasteiger partial charge >= 0.3 is 0 Å². The molecular formula is C31H23F2N. The summed E-state index contributed by atoms with van der Waals surface area (Å²) < 4.78 is 30.0. The largest absolute Gasteiger partial charge is 0.340 e. The summed E-state index contributed by atoms with van der Waals surface area (Å²) in [6, 6.07) is 37.9. The Bertz CT molecular complexity index is 1430. The van der Waals surface area contributed by atoms with Crippen LogP contribution >= 0.6 is 0 Å². The van der Waals surface area contributed by atoms with Crippen LogP contribution in [0.3, 0.4) is 0 Å². The van der Waals surface area contributed by atoms with E-state index >= 15 is 4.39 Å². The minimum Gasteiger partial charge on any atom is -0.340 e. The van der Waals surface area contributed by atoms with Crippen molar-refractivity contribution in [3.8, 4) is 33.4 Å². The number of benzene rings is 5. The Hall–Kier alpha value is -4.24. The van der Waals surface area contributed by atoms with Gasteiger partial charge in [-0.25, -0.2) is 8.78 Å². The van der Waals surface area contributed by atoms with Crippen molar-refractivity contribution in [3.63, 3.8) is 0 Å². The highest BCUT2D eigenvalue weighted by molar-refractivity contribution is 5.88. The van der Waals surface area contributed by atoms with E-state index in [1.54, 1.807) is 36.2 Å². The normalized spacial score (nSPS) is 10.8. The summed E-state index contributed by atoms with van der Waals surface area (Å²) in [5, 5.41) is 0. The molecule has 0 aliphatic rings. The van der Waals surface area contributed by atoms with Gasteiger partial charge < -0.3 is 4.90 Å². The van der Waals surface area contributed by atoms with Crippen LogP contribution < -0.4 is 4.90 Å². The Morgan fingerprint density at radius 1 is 0.441 bits per heavy atom. The highest BCUT2D eigenvalue weighted by atomic mass is 19.1. The molecule has 3 heteroatoms. The van der Waals surface area contributed by atoms with Gasteiger partial charge in [-0.3, -0.25) is 0 Å². The number of hydrogen-bond donors (Lipinski definition) is 0. The average molecular weight is 448 g/mol. The molecule has 0 heterocycles. The van der Waals surface area contributed by atoms with Crippen molar-refractivity contribution in [1.82, 2.24) is 0 Å². The minimum absolute atomic E-state index is 0.310. The van der Waals surface area contributed by atoms with Gasteiger partial charge in [-0.1, -0.05) is 91.0 Å². The van der Waals surface area contributed by atoms with E-state index in [9.17, 15) is 4.39 Å². The standard InChI is InChI=1S/C31H23F2N/c1-34(30-18-9-8-17-28(30)32)31-21-27(26(20-29(31)33)23-13-6-3-7-14-23)25-16-10-15-24(19-25)22-11-4-2-5-12-22/h2-21H,1H3. The van der Waals surface area contributed by atoms with Gasteiger partial charge in [0.25, 0.3) is 0 Å². The second-order valence-corrected chi connectivity index (χ2v) is 8.17. The smallest absolute Gasteiger partial charge is 0.147 e. The van der Waals surface area contributed by atoms with Crippen molar-refractivity contribution in [2.75, 3.05) is 11.9 Å². The fraction of sp³-hybridized carbons (Fsp3) is 0.0323. The molecule has 1 nitrogen and oxygen atoms in total. The van der Waals surface area contributed by atoms with Crippen LogP contribution in [0.2, 0.25) is 0 Å². The highest BCUT2D eigenvalue weighted by Gasteiger charge is 2.18. The Morgan fingerprint density at radius 2 is 1.00 bits per heavy atom. The topological polar surface area (TPSA) is 3.24 Å². The summed E-state index contributed by atoms with van der Waals surface area (Å²) in [4.78, 5) is 1.56. The van der Waals surface area contributed by atoms with Crippen LogP contribution in [-0.2, 0) is 0 Å². The Kier molecular flexibility index (Phi) is 5.92. The molecule has 0 atom stereocenters. The van der Waals surface area contributed by atoms with Crippen molar-refractivity contribution in [2.24, 2.45) is 0 Å². The van der Waals surface area contributed by atoms with Crippen LogP contribution in [0.5, 0.6) is 0 Å². The molecule has 0 amide bonds. The molecule has 5 aromatic rings. The summed E-state index contributed by atoms with van der Waals surface area (Å²) in [5.41, 5.74) is 6.35. The van der Waals surface area contributed by atoms with E-state index in [0.29, 0.717) is 11.4 Å². The fourth-order valence-corrected chi connectivity index (χ4v) is 4.26. The van der Waals surface area contributed by atoms with Gasteiger partial charge in [-0.15, -0.1) is 0 Å². The molecule has 0 unspecified atom stereocenters. The van der Waals surface area contributed by atoms with Crippen LogP contribution in [0.1, 0.15) is 0 Å². The van der Waals surface area contributed by atoms with Gasteiger partial charge in [-0.05, 0) is 63.7 Å². The molecule has 34 heavy (non-hydrogen) atoms. The third-order valence-corrected chi connectivity index (χ3v) is 6.03. The lowest BCUT2D eigenvalue weighted by molar-refractivity contribution is 0.618. The van der Waals surface area contributed by atoms with Crippen LogP contribution in [-0.4, -0.2) is 7.05 Å². The quantitative estimate of drug-likeness (QED) is 0.260. The molecule has 0 fully saturated rings. The maximum atomic E-state index is 15.5. The zero-order valence-corrected chi connectivity index (χ0v) is 18.8. The molecule has 0 radical (unpaired) electrons. The van der Waals surface area contributed by atoms with Gasteiger partial charge in [0.05, 0.1) is 11.4 Å². The van der Waals surface area contributed by atoms with Gasteiger partial charge in [0.15, 0.2) is 0 Å². The summed E-state index contributed by atoms with van der Waals surface area (Å²) in [6.07, 6.45) is 0. The molecule has 0 saturated carbocycles. The Balaban J connectivity index is 1.70. The first-order chi connectivity index (χ1) is 16.6. The summed E-state index contributed by atoms with van der Waals surface area (Å²) in [5.74, 6) is -0.809. The number of nitrogens with zero attached hydrogens (tertiary/aromatic N) is 1. The van der Waals surface area contributed by atoms with E-state index in [4.69, 9.17) is 0 Å². The monoisotopic (exact) mass is 447 g/mol. The molecule has 0 aromatic heterocycles. The third-order valence-electron chi connectivity index (χ3n) is 6.03. The second-order valence-electron chi connectivity index (χ2n) is 8.17. The maximum absolute atomic E-state index is 15.5. The van der Waals surface area contributed by atoms with Crippen molar-refractivity contribution >= 4 is 11.4 Å². The molecule has 0 aliphatic carbocycles. The van der Waals surface area contributed by atoms with E-state index in [2.05, 4.69) is 24.3 Å². The molecule has 0 spiro atoms. The lowest BCUT2D eigenvalue weighted by Crippen LogP contribution is -2.13. The van der Waals surface area contributed by atoms with Crippen molar-refractivity contribution in [3.05, 3.63) is 133 Å². The minimum atomic E-state index is -0.410. The predicted octanol–water partition coefficient (Wildman–Crippen LogP) is 8.73. The summed E-state index contributed by atoms with van der Waals surface area (Å²) in [7, 11) is 1.68. The van der Waals surface area contributed by atoms with Crippen LogP contribution in [0.15, 0.2) is 121 Å². The molecule has 5 aromatic carbocycles.